The van der Waals surface area contributed by atoms with Crippen molar-refractivity contribution in [2.75, 3.05) is 13.7 Å². The lowest BCUT2D eigenvalue weighted by Crippen LogP contribution is -2.51. The fraction of sp³-hybridized carbons (Fsp3) is 0.172. The summed E-state index contributed by atoms with van der Waals surface area (Å²) in [6.07, 6.45) is 0.410. The van der Waals surface area contributed by atoms with E-state index in [4.69, 9.17) is 4.74 Å². The third-order valence-electron chi connectivity index (χ3n) is 5.81. The van der Waals surface area contributed by atoms with E-state index >= 15 is 0 Å². The molecule has 2 amide bonds. The molecule has 5 nitrogen and oxygen atoms in total. The summed E-state index contributed by atoms with van der Waals surface area (Å²) in [6.45, 7) is 0.145. The van der Waals surface area contributed by atoms with Gasteiger partial charge in [-0.25, -0.2) is 0 Å². The summed E-state index contributed by atoms with van der Waals surface area (Å²) >= 11 is 0. The number of amides is 2. The number of nitrogens with zero attached hydrogens (tertiary/aromatic N) is 1. The molecule has 0 aliphatic heterocycles. The number of hydrogen-bond acceptors (Lipinski definition) is 3. The van der Waals surface area contributed by atoms with Gasteiger partial charge in [0, 0.05) is 25.4 Å². The summed E-state index contributed by atoms with van der Waals surface area (Å²) in [4.78, 5) is 28.1. The molecule has 0 aliphatic carbocycles. The number of nitrogens with one attached hydrogen (secondary N) is 1. The maximum absolute atomic E-state index is 13.5. The van der Waals surface area contributed by atoms with Crippen LogP contribution < -0.4 is 10.1 Å². The van der Waals surface area contributed by atoms with Gasteiger partial charge in [0.05, 0.1) is 0 Å². The molecule has 0 spiro atoms. The molecule has 0 heterocycles. The molecule has 1 atom stereocenters. The predicted octanol–water partition coefficient (Wildman–Crippen LogP) is 4.60. The zero-order valence-electron chi connectivity index (χ0n) is 19.2. The third-order valence-corrected chi connectivity index (χ3v) is 5.81. The van der Waals surface area contributed by atoms with Gasteiger partial charge in [-0.3, -0.25) is 9.59 Å². The van der Waals surface area contributed by atoms with E-state index in [-0.39, 0.29) is 18.4 Å². The van der Waals surface area contributed by atoms with Crippen molar-refractivity contribution in [3.05, 3.63) is 114 Å². The monoisotopic (exact) mass is 452 g/mol. The highest BCUT2D eigenvalue weighted by Gasteiger charge is 2.30. The summed E-state index contributed by atoms with van der Waals surface area (Å²) in [5.74, 6) is 0.185. The van der Waals surface area contributed by atoms with Crippen LogP contribution in [0.4, 0.5) is 0 Å². The van der Waals surface area contributed by atoms with Crippen LogP contribution in [0, 0.1) is 0 Å². The molecule has 4 rings (SSSR count). The Morgan fingerprint density at radius 2 is 1.41 bits per heavy atom. The minimum Gasteiger partial charge on any atom is -0.483 e. The average molecular weight is 453 g/mol. The summed E-state index contributed by atoms with van der Waals surface area (Å²) in [7, 11) is 1.60. The highest BCUT2D eigenvalue weighted by molar-refractivity contribution is 5.90. The van der Waals surface area contributed by atoms with E-state index < -0.39 is 6.04 Å². The van der Waals surface area contributed by atoms with Gasteiger partial charge in [-0.1, -0.05) is 97.1 Å². The first-order chi connectivity index (χ1) is 16.7. The molecule has 0 aromatic heterocycles. The Morgan fingerprint density at radius 1 is 0.794 bits per heavy atom. The molecular weight excluding hydrogens is 424 g/mol. The lowest BCUT2D eigenvalue weighted by molar-refractivity contribution is -0.142. The zero-order chi connectivity index (χ0) is 23.8. The maximum Gasteiger partial charge on any atom is 0.261 e. The van der Waals surface area contributed by atoms with Crippen LogP contribution in [0.1, 0.15) is 11.1 Å². The fourth-order valence-electron chi connectivity index (χ4n) is 4.04. The van der Waals surface area contributed by atoms with Crippen LogP contribution in [0.25, 0.3) is 10.8 Å². The third kappa shape index (κ3) is 5.62. The van der Waals surface area contributed by atoms with E-state index in [9.17, 15) is 9.59 Å². The van der Waals surface area contributed by atoms with Crippen LogP contribution in [0.3, 0.4) is 0 Å². The molecule has 0 fully saturated rings. The molecule has 1 unspecified atom stereocenters. The molecule has 0 saturated carbocycles. The van der Waals surface area contributed by atoms with Crippen LogP contribution in [0.2, 0.25) is 0 Å². The maximum atomic E-state index is 13.5. The second-order valence-electron chi connectivity index (χ2n) is 8.09. The van der Waals surface area contributed by atoms with Crippen molar-refractivity contribution in [3.8, 4) is 5.75 Å². The van der Waals surface area contributed by atoms with Gasteiger partial charge >= 0.3 is 0 Å². The molecule has 0 aliphatic rings. The lowest BCUT2D eigenvalue weighted by atomic mass is 10.0. The molecule has 4 aromatic rings. The molecule has 5 heteroatoms. The largest absolute Gasteiger partial charge is 0.483 e. The first-order valence-corrected chi connectivity index (χ1v) is 11.3. The second kappa shape index (κ2) is 11.1. The summed E-state index contributed by atoms with van der Waals surface area (Å²) in [5, 5.41) is 4.72. The highest BCUT2D eigenvalue weighted by Crippen LogP contribution is 2.25. The van der Waals surface area contributed by atoms with Crippen LogP contribution in [-0.2, 0) is 22.6 Å². The number of likely N-dealkylation sites (N-methyl/N-ethyl adjacent to an activating group) is 1. The molecule has 1 N–H and O–H groups in total. The average Bonchev–Trinajstić information content (AvgIpc) is 2.90. The van der Waals surface area contributed by atoms with E-state index in [0.717, 1.165) is 21.9 Å². The van der Waals surface area contributed by atoms with E-state index in [2.05, 4.69) is 5.32 Å². The molecule has 0 bridgehead atoms. The van der Waals surface area contributed by atoms with Crippen LogP contribution in [-0.4, -0.2) is 36.4 Å². The Kier molecular flexibility index (Phi) is 7.56. The molecular formula is C29H28N2O3. The number of benzene rings is 4. The van der Waals surface area contributed by atoms with Gasteiger partial charge in [-0.2, -0.15) is 0 Å². The Morgan fingerprint density at radius 3 is 2.12 bits per heavy atom. The number of carbonyl (C=O) groups excluding carboxylic acids is 2. The fourth-order valence-corrected chi connectivity index (χ4v) is 4.04. The van der Waals surface area contributed by atoms with E-state index in [1.165, 1.54) is 0 Å². The minimum absolute atomic E-state index is 0.164. The first-order valence-electron chi connectivity index (χ1n) is 11.3. The predicted molar refractivity (Wildman–Crippen MR) is 134 cm³/mol. The van der Waals surface area contributed by atoms with E-state index in [0.29, 0.717) is 18.7 Å². The Hall–Kier alpha value is -4.12. The SMILES string of the molecule is CNC(=O)C(Cc1ccccc1)N(Cc1ccccc1)C(=O)COc1cccc2ccccc12. The lowest BCUT2D eigenvalue weighted by Gasteiger charge is -2.31. The smallest absolute Gasteiger partial charge is 0.261 e. The van der Waals surface area contributed by atoms with Crippen LogP contribution >= 0.6 is 0 Å². The number of carbonyl (C=O) groups is 2. The van der Waals surface area contributed by atoms with Crippen molar-refractivity contribution < 1.29 is 14.3 Å². The number of hydrogen-bond donors (Lipinski definition) is 1. The van der Waals surface area contributed by atoms with Crippen molar-refractivity contribution >= 4 is 22.6 Å². The van der Waals surface area contributed by atoms with Gasteiger partial charge in [0.1, 0.15) is 11.8 Å². The second-order valence-corrected chi connectivity index (χ2v) is 8.09. The van der Waals surface area contributed by atoms with Gasteiger partial charge in [0.25, 0.3) is 5.91 Å². The normalized spacial score (nSPS) is 11.6. The van der Waals surface area contributed by atoms with Crippen LogP contribution in [0.15, 0.2) is 103 Å². The summed E-state index contributed by atoms with van der Waals surface area (Å²) < 4.78 is 5.99. The molecule has 172 valence electrons. The topological polar surface area (TPSA) is 58.6 Å². The van der Waals surface area contributed by atoms with Crippen molar-refractivity contribution in [3.63, 3.8) is 0 Å². The quantitative estimate of drug-likeness (QED) is 0.404. The van der Waals surface area contributed by atoms with Crippen molar-refractivity contribution in [2.24, 2.45) is 0 Å². The highest BCUT2D eigenvalue weighted by atomic mass is 16.5. The van der Waals surface area contributed by atoms with Gasteiger partial charge in [-0.15, -0.1) is 0 Å². The van der Waals surface area contributed by atoms with Crippen molar-refractivity contribution in [1.29, 1.82) is 0 Å². The molecule has 0 saturated heterocycles. The number of rotatable bonds is 9. The zero-order valence-corrected chi connectivity index (χ0v) is 19.2. The number of ether oxygens (including phenoxy) is 1. The Labute approximate surface area is 200 Å². The van der Waals surface area contributed by atoms with Gasteiger partial charge in [0.2, 0.25) is 5.91 Å². The van der Waals surface area contributed by atoms with Crippen molar-refractivity contribution in [2.45, 2.75) is 19.0 Å². The van der Waals surface area contributed by atoms with E-state index in [1.807, 2.05) is 103 Å². The molecule has 34 heavy (non-hydrogen) atoms. The van der Waals surface area contributed by atoms with Crippen LogP contribution in [0.5, 0.6) is 5.75 Å². The standard InChI is InChI=1S/C29H28N2O3/c1-30-29(33)26(19-22-11-4-2-5-12-22)31(20-23-13-6-3-7-14-23)28(32)21-34-27-18-10-16-24-15-8-9-17-25(24)27/h2-18,26H,19-21H2,1H3,(H,30,33). The van der Waals surface area contributed by atoms with Gasteiger partial charge in [-0.05, 0) is 22.6 Å². The Balaban J connectivity index is 1.60. The first kappa shape index (κ1) is 23.1. The molecule has 4 aromatic carbocycles. The van der Waals surface area contributed by atoms with E-state index in [1.54, 1.807) is 11.9 Å². The summed E-state index contributed by atoms with van der Waals surface area (Å²) in [6, 6.07) is 32.4. The number of fused-ring (bicyclic) bond motifs is 1. The van der Waals surface area contributed by atoms with Crippen molar-refractivity contribution in [1.82, 2.24) is 10.2 Å². The summed E-state index contributed by atoms with van der Waals surface area (Å²) in [5.41, 5.74) is 1.93. The molecule has 0 radical (unpaired) electrons. The van der Waals surface area contributed by atoms with Gasteiger partial charge < -0.3 is 15.0 Å². The van der Waals surface area contributed by atoms with Gasteiger partial charge in [0.15, 0.2) is 6.61 Å². The Bertz CT molecular complexity index is 1240. The minimum atomic E-state index is -0.670.